The molecule has 0 aromatic carbocycles. The van der Waals surface area contributed by atoms with E-state index in [1.807, 2.05) is 0 Å². The fourth-order valence-electron chi connectivity index (χ4n) is 1.43. The maximum Gasteiger partial charge on any atom is 0.318 e. The number of aromatic nitrogens is 1. The number of carbonyl (C=O) groups excluding carboxylic acids is 3. The van der Waals surface area contributed by atoms with Gasteiger partial charge in [-0.25, -0.2) is 4.98 Å². The smallest absolute Gasteiger partial charge is 0.318 e. The van der Waals surface area contributed by atoms with E-state index in [0.29, 0.717) is 0 Å². The molecule has 1 aromatic rings. The summed E-state index contributed by atoms with van der Waals surface area (Å²) < 4.78 is 0. The van der Waals surface area contributed by atoms with Crippen LogP contribution in [0.25, 0.3) is 0 Å². The summed E-state index contributed by atoms with van der Waals surface area (Å²) in [5.41, 5.74) is 6.01. The summed E-state index contributed by atoms with van der Waals surface area (Å²) in [6, 6.07) is 3.46. The van der Waals surface area contributed by atoms with Gasteiger partial charge in [-0.15, -0.1) is 0 Å². The van der Waals surface area contributed by atoms with Crippen LogP contribution in [0.3, 0.4) is 0 Å². The highest BCUT2D eigenvalue weighted by Crippen LogP contribution is 2.09. The number of hydrogen-bond donors (Lipinski definition) is 2. The number of rotatable bonds is 3. The second-order valence-electron chi connectivity index (χ2n) is 3.89. The van der Waals surface area contributed by atoms with Crippen LogP contribution in [0.15, 0.2) is 18.3 Å². The monoisotopic (exact) mass is 264 g/mol. The minimum absolute atomic E-state index is 0.00276. The van der Waals surface area contributed by atoms with Gasteiger partial charge in [0.15, 0.2) is 0 Å². The number of nitrogens with two attached hydrogens (primary N) is 1. The summed E-state index contributed by atoms with van der Waals surface area (Å²) in [5.74, 6) is -2.09. The number of aryl methyl sites for hydroxylation is 1. The molecule has 0 atom stereocenters. The normalized spacial score (nSPS) is 9.84. The molecule has 0 aliphatic rings. The molecule has 7 nitrogen and oxygen atoms in total. The highest BCUT2D eigenvalue weighted by atomic mass is 16.2. The number of imide groups is 1. The molecule has 0 radical (unpaired) electrons. The molecule has 1 heterocycles. The van der Waals surface area contributed by atoms with Gasteiger partial charge in [0, 0.05) is 26.2 Å². The van der Waals surface area contributed by atoms with Crippen LogP contribution in [0.1, 0.15) is 12.5 Å². The Morgan fingerprint density at radius 2 is 2.11 bits per heavy atom. The number of nitrogens with zero attached hydrogens (tertiary/aromatic N) is 2. The Hall–Kier alpha value is -2.28. The van der Waals surface area contributed by atoms with Gasteiger partial charge < -0.3 is 11.1 Å². The maximum absolute atomic E-state index is 11.8. The van der Waals surface area contributed by atoms with Gasteiger partial charge in [0.2, 0.25) is 5.91 Å². The lowest BCUT2D eigenvalue weighted by Gasteiger charge is -2.17. The van der Waals surface area contributed by atoms with Crippen molar-refractivity contribution in [2.75, 3.05) is 18.4 Å². The van der Waals surface area contributed by atoms with Gasteiger partial charge in [0.05, 0.1) is 0 Å². The third kappa shape index (κ3) is 3.85. The third-order valence-electron chi connectivity index (χ3n) is 2.41. The van der Waals surface area contributed by atoms with Gasteiger partial charge in [-0.05, 0) is 18.6 Å². The van der Waals surface area contributed by atoms with Crippen LogP contribution < -0.4 is 11.1 Å². The van der Waals surface area contributed by atoms with Crippen LogP contribution in [-0.4, -0.2) is 40.7 Å². The second-order valence-corrected chi connectivity index (χ2v) is 3.89. The Morgan fingerprint density at radius 3 is 2.63 bits per heavy atom. The van der Waals surface area contributed by atoms with E-state index in [4.69, 9.17) is 5.73 Å². The Kier molecular flexibility index (Phi) is 5.13. The van der Waals surface area contributed by atoms with Gasteiger partial charge in [-0.3, -0.25) is 19.3 Å². The standard InChI is InChI=1S/C12H16N4O3/c1-8-4-3-6-14-10(8)15-11(18)12(19)16(7-5-13)9(2)17/h3-4,6H,5,7,13H2,1-2H3,(H,14,15,18). The molecule has 102 valence electrons. The van der Waals surface area contributed by atoms with Gasteiger partial charge in [0.25, 0.3) is 0 Å². The molecule has 7 heteroatoms. The number of nitrogens with one attached hydrogen (secondary N) is 1. The van der Waals surface area contributed by atoms with E-state index < -0.39 is 17.7 Å². The molecule has 1 rings (SSSR count). The van der Waals surface area contributed by atoms with E-state index in [2.05, 4.69) is 10.3 Å². The van der Waals surface area contributed by atoms with Crippen LogP contribution in [0.2, 0.25) is 0 Å². The molecule has 0 bridgehead atoms. The van der Waals surface area contributed by atoms with Crippen molar-refractivity contribution in [1.29, 1.82) is 0 Å². The molecule has 0 aliphatic heterocycles. The summed E-state index contributed by atoms with van der Waals surface area (Å²) in [5, 5.41) is 2.37. The fourth-order valence-corrected chi connectivity index (χ4v) is 1.43. The van der Waals surface area contributed by atoms with E-state index in [-0.39, 0.29) is 18.9 Å². The molecular formula is C12H16N4O3. The largest absolute Gasteiger partial charge is 0.329 e. The zero-order chi connectivity index (χ0) is 14.4. The lowest BCUT2D eigenvalue weighted by Crippen LogP contribution is -2.44. The molecule has 0 saturated heterocycles. The lowest BCUT2D eigenvalue weighted by molar-refractivity contribution is -0.149. The Bertz CT molecular complexity index is 502. The topological polar surface area (TPSA) is 105 Å². The first-order valence-electron chi connectivity index (χ1n) is 5.72. The van der Waals surface area contributed by atoms with Crippen molar-refractivity contribution in [3.05, 3.63) is 23.9 Å². The first kappa shape index (κ1) is 14.8. The molecule has 0 saturated carbocycles. The van der Waals surface area contributed by atoms with Crippen molar-refractivity contribution >= 4 is 23.5 Å². The third-order valence-corrected chi connectivity index (χ3v) is 2.41. The first-order valence-corrected chi connectivity index (χ1v) is 5.72. The first-order chi connectivity index (χ1) is 8.97. The van der Waals surface area contributed by atoms with Crippen molar-refractivity contribution in [3.8, 4) is 0 Å². The van der Waals surface area contributed by atoms with Gasteiger partial charge in [-0.1, -0.05) is 6.07 Å². The molecule has 19 heavy (non-hydrogen) atoms. The number of anilines is 1. The Labute approximate surface area is 110 Å². The number of pyridine rings is 1. The average molecular weight is 264 g/mol. The number of hydrogen-bond acceptors (Lipinski definition) is 5. The molecule has 1 aromatic heterocycles. The van der Waals surface area contributed by atoms with Crippen LogP contribution >= 0.6 is 0 Å². The van der Waals surface area contributed by atoms with E-state index >= 15 is 0 Å². The van der Waals surface area contributed by atoms with Crippen molar-refractivity contribution in [3.63, 3.8) is 0 Å². The van der Waals surface area contributed by atoms with Gasteiger partial charge in [-0.2, -0.15) is 0 Å². The molecular weight excluding hydrogens is 248 g/mol. The predicted octanol–water partition coefficient (Wildman–Crippen LogP) is -0.338. The zero-order valence-corrected chi connectivity index (χ0v) is 10.8. The summed E-state index contributed by atoms with van der Waals surface area (Å²) in [6.45, 7) is 3.05. The fraction of sp³-hybridized carbons (Fsp3) is 0.333. The lowest BCUT2D eigenvalue weighted by atomic mass is 10.3. The summed E-state index contributed by atoms with van der Waals surface area (Å²) >= 11 is 0. The minimum atomic E-state index is -0.942. The molecule has 3 N–H and O–H groups in total. The Morgan fingerprint density at radius 1 is 1.42 bits per heavy atom. The summed E-state index contributed by atoms with van der Waals surface area (Å²) in [7, 11) is 0. The molecule has 3 amide bonds. The molecule has 0 spiro atoms. The number of carbonyl (C=O) groups is 3. The predicted molar refractivity (Wildman–Crippen MR) is 69.1 cm³/mol. The average Bonchev–Trinajstić information content (AvgIpc) is 2.37. The van der Waals surface area contributed by atoms with Crippen LogP contribution in [0, 0.1) is 6.92 Å². The summed E-state index contributed by atoms with van der Waals surface area (Å²) in [6.07, 6.45) is 1.50. The van der Waals surface area contributed by atoms with Crippen LogP contribution in [0.4, 0.5) is 5.82 Å². The maximum atomic E-state index is 11.8. The highest BCUT2D eigenvalue weighted by molar-refractivity contribution is 6.41. The van der Waals surface area contributed by atoms with Crippen molar-refractivity contribution in [2.24, 2.45) is 5.73 Å². The van der Waals surface area contributed by atoms with E-state index in [0.717, 1.165) is 10.5 Å². The van der Waals surface area contributed by atoms with Crippen molar-refractivity contribution < 1.29 is 14.4 Å². The van der Waals surface area contributed by atoms with E-state index in [9.17, 15) is 14.4 Å². The van der Waals surface area contributed by atoms with Gasteiger partial charge in [0.1, 0.15) is 5.82 Å². The summed E-state index contributed by atoms with van der Waals surface area (Å²) in [4.78, 5) is 39.5. The van der Waals surface area contributed by atoms with E-state index in [1.54, 1.807) is 19.1 Å². The Balaban J connectivity index is 2.80. The molecule has 0 fully saturated rings. The second kappa shape index (κ2) is 6.60. The van der Waals surface area contributed by atoms with Crippen molar-refractivity contribution in [1.82, 2.24) is 9.88 Å². The molecule has 0 unspecified atom stereocenters. The highest BCUT2D eigenvalue weighted by Gasteiger charge is 2.25. The van der Waals surface area contributed by atoms with Crippen molar-refractivity contribution in [2.45, 2.75) is 13.8 Å². The van der Waals surface area contributed by atoms with E-state index in [1.165, 1.54) is 13.1 Å². The van der Waals surface area contributed by atoms with Gasteiger partial charge >= 0.3 is 11.8 Å². The molecule has 0 aliphatic carbocycles. The van der Waals surface area contributed by atoms with Crippen LogP contribution in [0.5, 0.6) is 0 Å². The SMILES string of the molecule is CC(=O)N(CCN)C(=O)C(=O)Nc1ncccc1C. The number of amides is 3. The minimum Gasteiger partial charge on any atom is -0.329 e. The van der Waals surface area contributed by atoms with Crippen LogP contribution in [-0.2, 0) is 14.4 Å². The zero-order valence-electron chi connectivity index (χ0n) is 10.8. The quantitative estimate of drug-likeness (QED) is 0.727.